The van der Waals surface area contributed by atoms with Crippen molar-refractivity contribution in [3.05, 3.63) is 42.5 Å². The Morgan fingerprint density at radius 1 is 1.15 bits per heavy atom. The van der Waals surface area contributed by atoms with Crippen LogP contribution in [-0.2, 0) is 6.54 Å². The van der Waals surface area contributed by atoms with Gasteiger partial charge in [-0.2, -0.15) is 5.10 Å². The van der Waals surface area contributed by atoms with Crippen molar-refractivity contribution in [1.29, 1.82) is 0 Å². The zero-order valence-corrected chi connectivity index (χ0v) is 16.4. The predicted molar refractivity (Wildman–Crippen MR) is 107 cm³/mol. The number of hydrogen-bond acceptors (Lipinski definition) is 3. The first-order valence-electron chi connectivity index (χ1n) is 9.57. The van der Waals surface area contributed by atoms with Crippen molar-refractivity contribution < 1.29 is 0 Å². The summed E-state index contributed by atoms with van der Waals surface area (Å²) >= 11 is 0. The summed E-state index contributed by atoms with van der Waals surface area (Å²) in [4.78, 5) is 8.69. The quantitative estimate of drug-likeness (QED) is 0.533. The van der Waals surface area contributed by atoms with Gasteiger partial charge in [0.15, 0.2) is 5.96 Å². The third-order valence-corrected chi connectivity index (χ3v) is 4.19. The van der Waals surface area contributed by atoms with Gasteiger partial charge < -0.3 is 10.6 Å². The van der Waals surface area contributed by atoms with Gasteiger partial charge in [0.05, 0.1) is 12.2 Å². The fraction of sp³-hybridized carbons (Fsp3) is 0.550. The highest BCUT2D eigenvalue weighted by molar-refractivity contribution is 5.80. The fourth-order valence-electron chi connectivity index (χ4n) is 2.72. The maximum atomic E-state index is 4.72. The molecule has 0 aliphatic carbocycles. The molecular formula is C20H32N6. The topological polar surface area (TPSA) is 67.1 Å². The average Bonchev–Trinajstić information content (AvgIpc) is 3.14. The van der Waals surface area contributed by atoms with Gasteiger partial charge in [0, 0.05) is 12.6 Å². The standard InChI is InChI=1S/C20H32N6/c1-5-22-20(25-17(4)8-6-7-16(2)3)23-13-18-9-11-19(12-10-18)26-15-21-14-24-26/h9-12,14-17H,5-8,13H2,1-4H3,(H2,22,23,25). The van der Waals surface area contributed by atoms with Crippen LogP contribution in [0.3, 0.4) is 0 Å². The second-order valence-corrected chi connectivity index (χ2v) is 7.07. The number of nitrogens with one attached hydrogen (secondary N) is 2. The predicted octanol–water partition coefficient (Wildman–Crippen LogP) is 3.54. The smallest absolute Gasteiger partial charge is 0.191 e. The van der Waals surface area contributed by atoms with E-state index in [9.17, 15) is 0 Å². The van der Waals surface area contributed by atoms with Crippen LogP contribution in [0.1, 0.15) is 52.5 Å². The molecule has 6 heteroatoms. The molecule has 0 spiro atoms. The van der Waals surface area contributed by atoms with Crippen LogP contribution in [-0.4, -0.2) is 33.3 Å². The van der Waals surface area contributed by atoms with Crippen LogP contribution in [0.15, 0.2) is 41.9 Å². The molecule has 0 saturated carbocycles. The van der Waals surface area contributed by atoms with Crippen molar-refractivity contribution in [3.63, 3.8) is 0 Å². The van der Waals surface area contributed by atoms with Crippen molar-refractivity contribution in [2.24, 2.45) is 10.9 Å². The minimum Gasteiger partial charge on any atom is -0.357 e. The molecule has 0 amide bonds. The third kappa shape index (κ3) is 6.86. The van der Waals surface area contributed by atoms with Crippen molar-refractivity contribution in [1.82, 2.24) is 25.4 Å². The molecule has 26 heavy (non-hydrogen) atoms. The van der Waals surface area contributed by atoms with Gasteiger partial charge in [-0.15, -0.1) is 0 Å². The first-order chi connectivity index (χ1) is 12.6. The molecule has 1 aromatic carbocycles. The fourth-order valence-corrected chi connectivity index (χ4v) is 2.72. The summed E-state index contributed by atoms with van der Waals surface area (Å²) in [7, 11) is 0. The van der Waals surface area contributed by atoms with E-state index in [1.54, 1.807) is 11.0 Å². The lowest BCUT2D eigenvalue weighted by atomic mass is 10.0. The van der Waals surface area contributed by atoms with E-state index in [2.05, 4.69) is 60.5 Å². The Kier molecular flexibility index (Phi) is 8.12. The Hall–Kier alpha value is -2.37. The van der Waals surface area contributed by atoms with E-state index >= 15 is 0 Å². The molecule has 2 rings (SSSR count). The highest BCUT2D eigenvalue weighted by Gasteiger charge is 2.06. The SMILES string of the molecule is CCNC(=NCc1ccc(-n2cncn2)cc1)NC(C)CCCC(C)C. The minimum atomic E-state index is 0.418. The Morgan fingerprint density at radius 2 is 1.92 bits per heavy atom. The minimum absolute atomic E-state index is 0.418. The number of nitrogens with zero attached hydrogens (tertiary/aromatic N) is 4. The van der Waals surface area contributed by atoms with E-state index in [1.807, 2.05) is 12.1 Å². The van der Waals surface area contributed by atoms with E-state index in [1.165, 1.54) is 24.7 Å². The number of guanidine groups is 1. The molecule has 142 valence electrons. The van der Waals surface area contributed by atoms with Gasteiger partial charge in [0.25, 0.3) is 0 Å². The van der Waals surface area contributed by atoms with Gasteiger partial charge in [-0.1, -0.05) is 38.8 Å². The van der Waals surface area contributed by atoms with Crippen molar-refractivity contribution in [3.8, 4) is 5.69 Å². The Bertz CT molecular complexity index is 645. The van der Waals surface area contributed by atoms with Gasteiger partial charge in [-0.3, -0.25) is 0 Å². The summed E-state index contributed by atoms with van der Waals surface area (Å²) in [6.45, 7) is 10.4. The highest BCUT2D eigenvalue weighted by atomic mass is 15.3. The zero-order chi connectivity index (χ0) is 18.8. The molecule has 0 saturated heterocycles. The number of aliphatic imine (C=N–C) groups is 1. The monoisotopic (exact) mass is 356 g/mol. The second kappa shape index (κ2) is 10.6. The van der Waals surface area contributed by atoms with E-state index in [-0.39, 0.29) is 0 Å². The van der Waals surface area contributed by atoms with Crippen molar-refractivity contribution in [2.75, 3.05) is 6.54 Å². The number of hydrogen-bond donors (Lipinski definition) is 2. The Morgan fingerprint density at radius 3 is 2.54 bits per heavy atom. The van der Waals surface area contributed by atoms with Gasteiger partial charge in [-0.25, -0.2) is 14.7 Å². The summed E-state index contributed by atoms with van der Waals surface area (Å²) in [5.74, 6) is 1.65. The second-order valence-electron chi connectivity index (χ2n) is 7.07. The molecule has 1 unspecified atom stereocenters. The lowest BCUT2D eigenvalue weighted by molar-refractivity contribution is 0.491. The maximum Gasteiger partial charge on any atom is 0.191 e. The normalized spacial score (nSPS) is 13.0. The van der Waals surface area contributed by atoms with E-state index < -0.39 is 0 Å². The summed E-state index contributed by atoms with van der Waals surface area (Å²) in [5.41, 5.74) is 2.16. The molecule has 1 aromatic heterocycles. The molecule has 2 N–H and O–H groups in total. The van der Waals surface area contributed by atoms with Crippen molar-refractivity contribution >= 4 is 5.96 Å². The van der Waals surface area contributed by atoms with Gasteiger partial charge in [-0.05, 0) is 43.9 Å². The van der Waals surface area contributed by atoms with Crippen molar-refractivity contribution in [2.45, 2.75) is 59.5 Å². The summed E-state index contributed by atoms with van der Waals surface area (Å²) in [6.07, 6.45) is 6.91. The van der Waals surface area contributed by atoms with E-state index in [0.717, 1.165) is 30.5 Å². The summed E-state index contributed by atoms with van der Waals surface area (Å²) in [6, 6.07) is 8.65. The largest absolute Gasteiger partial charge is 0.357 e. The van der Waals surface area contributed by atoms with Gasteiger partial charge in [0.1, 0.15) is 12.7 Å². The Balaban J connectivity index is 1.89. The van der Waals surface area contributed by atoms with Crippen LogP contribution in [0.5, 0.6) is 0 Å². The lowest BCUT2D eigenvalue weighted by Gasteiger charge is -2.18. The molecule has 1 atom stereocenters. The van der Waals surface area contributed by atoms with E-state index in [0.29, 0.717) is 12.6 Å². The van der Waals surface area contributed by atoms with Gasteiger partial charge >= 0.3 is 0 Å². The number of rotatable bonds is 9. The van der Waals surface area contributed by atoms with Crippen LogP contribution in [0.4, 0.5) is 0 Å². The van der Waals surface area contributed by atoms with Gasteiger partial charge in [0.2, 0.25) is 0 Å². The highest BCUT2D eigenvalue weighted by Crippen LogP contribution is 2.10. The molecule has 0 aliphatic rings. The summed E-state index contributed by atoms with van der Waals surface area (Å²) < 4.78 is 1.75. The van der Waals surface area contributed by atoms with Crippen LogP contribution in [0, 0.1) is 5.92 Å². The zero-order valence-electron chi connectivity index (χ0n) is 16.4. The summed E-state index contributed by atoms with van der Waals surface area (Å²) in [5, 5.41) is 11.0. The molecule has 2 aromatic rings. The molecule has 0 fully saturated rings. The molecule has 0 radical (unpaired) electrons. The van der Waals surface area contributed by atoms with Crippen LogP contribution >= 0.6 is 0 Å². The molecule has 0 aliphatic heterocycles. The molecule has 6 nitrogen and oxygen atoms in total. The first kappa shape index (κ1) is 19.9. The number of aromatic nitrogens is 3. The molecule has 1 heterocycles. The van der Waals surface area contributed by atoms with Crippen LogP contribution < -0.4 is 10.6 Å². The maximum absolute atomic E-state index is 4.72. The lowest BCUT2D eigenvalue weighted by Crippen LogP contribution is -2.42. The average molecular weight is 357 g/mol. The van der Waals surface area contributed by atoms with Crippen LogP contribution in [0.2, 0.25) is 0 Å². The first-order valence-corrected chi connectivity index (χ1v) is 9.57. The Labute approximate surface area is 157 Å². The molecular weight excluding hydrogens is 324 g/mol. The third-order valence-electron chi connectivity index (χ3n) is 4.19. The number of benzene rings is 1. The van der Waals surface area contributed by atoms with E-state index in [4.69, 9.17) is 4.99 Å². The molecule has 0 bridgehead atoms. The van der Waals surface area contributed by atoms with Crippen LogP contribution in [0.25, 0.3) is 5.69 Å².